The topological polar surface area (TPSA) is 111 Å². The molecule has 0 aliphatic heterocycles. The van der Waals surface area contributed by atoms with Crippen molar-refractivity contribution in [3.05, 3.63) is 74.3 Å². The summed E-state index contributed by atoms with van der Waals surface area (Å²) in [4.78, 5) is 33.7. The van der Waals surface area contributed by atoms with Gasteiger partial charge in [-0.25, -0.2) is 0 Å². The standard InChI is InChI=1S/C19H18BrN3O5/c1-2-13-6-8-17(16(20)11-13)28-12-19(25)22-21-18(24)9-7-14-4-3-5-15(10-14)23(26)27/h3-11H,2,12H2,1H3,(H,21,24)(H,22,25)/b9-7+. The van der Waals surface area contributed by atoms with E-state index in [9.17, 15) is 19.7 Å². The van der Waals surface area contributed by atoms with Crippen LogP contribution in [0.5, 0.6) is 5.75 Å². The zero-order chi connectivity index (χ0) is 20.5. The molecule has 2 N–H and O–H groups in total. The van der Waals surface area contributed by atoms with Crippen molar-refractivity contribution in [1.29, 1.82) is 0 Å². The lowest BCUT2D eigenvalue weighted by atomic mass is 10.2. The summed E-state index contributed by atoms with van der Waals surface area (Å²) in [6.45, 7) is 1.75. The SMILES string of the molecule is CCc1ccc(OCC(=O)NNC(=O)/C=C/c2cccc([N+](=O)[O-])c2)c(Br)c1. The first-order valence-electron chi connectivity index (χ1n) is 8.31. The molecular weight excluding hydrogens is 430 g/mol. The van der Waals surface area contributed by atoms with Gasteiger partial charge in [-0.1, -0.05) is 25.1 Å². The van der Waals surface area contributed by atoms with Crippen LogP contribution in [0.2, 0.25) is 0 Å². The third-order valence-electron chi connectivity index (χ3n) is 3.60. The van der Waals surface area contributed by atoms with Crippen LogP contribution in [0.4, 0.5) is 5.69 Å². The highest BCUT2D eigenvalue weighted by molar-refractivity contribution is 9.10. The zero-order valence-corrected chi connectivity index (χ0v) is 16.6. The van der Waals surface area contributed by atoms with Gasteiger partial charge in [-0.3, -0.25) is 30.6 Å². The van der Waals surface area contributed by atoms with E-state index in [4.69, 9.17) is 4.74 Å². The maximum absolute atomic E-state index is 11.8. The minimum atomic E-state index is -0.590. The molecule has 0 spiro atoms. The van der Waals surface area contributed by atoms with Crippen LogP contribution < -0.4 is 15.6 Å². The van der Waals surface area contributed by atoms with Gasteiger partial charge in [0, 0.05) is 18.2 Å². The zero-order valence-electron chi connectivity index (χ0n) is 15.0. The molecule has 0 aliphatic rings. The number of hydrogen-bond acceptors (Lipinski definition) is 5. The molecule has 0 saturated carbocycles. The Morgan fingerprint density at radius 2 is 2.00 bits per heavy atom. The van der Waals surface area contributed by atoms with Crippen molar-refractivity contribution >= 4 is 39.5 Å². The van der Waals surface area contributed by atoms with Crippen molar-refractivity contribution in [2.75, 3.05) is 6.61 Å². The van der Waals surface area contributed by atoms with E-state index in [0.29, 0.717) is 11.3 Å². The van der Waals surface area contributed by atoms with E-state index >= 15 is 0 Å². The number of carbonyl (C=O) groups is 2. The van der Waals surface area contributed by atoms with Gasteiger partial charge in [0.2, 0.25) is 0 Å². The molecule has 0 heterocycles. The molecular formula is C19H18BrN3O5. The third kappa shape index (κ3) is 6.51. The number of benzene rings is 2. The van der Waals surface area contributed by atoms with Gasteiger partial charge in [0.1, 0.15) is 5.75 Å². The van der Waals surface area contributed by atoms with Crippen LogP contribution in [0.15, 0.2) is 53.0 Å². The van der Waals surface area contributed by atoms with E-state index < -0.39 is 16.7 Å². The Bertz CT molecular complexity index is 914. The van der Waals surface area contributed by atoms with Crippen molar-refractivity contribution in [3.8, 4) is 5.75 Å². The summed E-state index contributed by atoms with van der Waals surface area (Å²) in [6.07, 6.45) is 3.44. The number of carbonyl (C=O) groups excluding carboxylic acids is 2. The first-order valence-corrected chi connectivity index (χ1v) is 9.11. The predicted octanol–water partition coefficient (Wildman–Crippen LogP) is 3.16. The van der Waals surface area contributed by atoms with E-state index in [0.717, 1.165) is 22.5 Å². The molecule has 2 aromatic rings. The normalized spacial score (nSPS) is 10.5. The van der Waals surface area contributed by atoms with Gasteiger partial charge in [-0.2, -0.15) is 0 Å². The van der Waals surface area contributed by atoms with Crippen LogP contribution >= 0.6 is 15.9 Å². The Balaban J connectivity index is 1.80. The van der Waals surface area contributed by atoms with Gasteiger partial charge in [-0.05, 0) is 51.7 Å². The smallest absolute Gasteiger partial charge is 0.276 e. The van der Waals surface area contributed by atoms with Crippen LogP contribution in [-0.4, -0.2) is 23.3 Å². The number of aryl methyl sites for hydroxylation is 1. The van der Waals surface area contributed by atoms with Gasteiger partial charge in [0.15, 0.2) is 6.61 Å². The van der Waals surface area contributed by atoms with E-state index in [1.807, 2.05) is 19.1 Å². The van der Waals surface area contributed by atoms with Crippen molar-refractivity contribution in [2.45, 2.75) is 13.3 Å². The molecule has 0 atom stereocenters. The van der Waals surface area contributed by atoms with Crippen molar-refractivity contribution in [2.24, 2.45) is 0 Å². The van der Waals surface area contributed by atoms with Crippen molar-refractivity contribution in [1.82, 2.24) is 10.9 Å². The Hall–Kier alpha value is -3.20. The Morgan fingerprint density at radius 1 is 1.21 bits per heavy atom. The number of hydrazine groups is 1. The second-order valence-electron chi connectivity index (χ2n) is 5.63. The fourth-order valence-electron chi connectivity index (χ4n) is 2.15. The summed E-state index contributed by atoms with van der Waals surface area (Å²) in [5, 5.41) is 10.7. The van der Waals surface area contributed by atoms with E-state index in [1.165, 1.54) is 24.3 Å². The molecule has 0 bridgehead atoms. The van der Waals surface area contributed by atoms with Crippen LogP contribution in [0, 0.1) is 10.1 Å². The molecule has 2 aromatic carbocycles. The number of halogens is 1. The molecule has 0 saturated heterocycles. The number of nitro benzene ring substituents is 1. The number of amides is 2. The molecule has 0 aliphatic carbocycles. The van der Waals surface area contributed by atoms with E-state index in [2.05, 4.69) is 26.8 Å². The maximum atomic E-state index is 11.8. The molecule has 28 heavy (non-hydrogen) atoms. The summed E-state index contributed by atoms with van der Waals surface area (Å²) in [5.74, 6) is -0.610. The lowest BCUT2D eigenvalue weighted by Gasteiger charge is -2.10. The molecule has 146 valence electrons. The van der Waals surface area contributed by atoms with Gasteiger partial charge in [-0.15, -0.1) is 0 Å². The predicted molar refractivity (Wildman–Crippen MR) is 107 cm³/mol. The highest BCUT2D eigenvalue weighted by atomic mass is 79.9. The van der Waals surface area contributed by atoms with Gasteiger partial charge in [0.25, 0.3) is 17.5 Å². The molecule has 8 nitrogen and oxygen atoms in total. The average Bonchev–Trinajstić information content (AvgIpc) is 2.69. The molecule has 2 rings (SSSR count). The van der Waals surface area contributed by atoms with E-state index in [1.54, 1.807) is 12.1 Å². The summed E-state index contributed by atoms with van der Waals surface area (Å²) in [6, 6.07) is 11.4. The van der Waals surface area contributed by atoms with Gasteiger partial charge in [0.05, 0.1) is 9.40 Å². The number of nitro groups is 1. The second-order valence-corrected chi connectivity index (χ2v) is 6.48. The van der Waals surface area contributed by atoms with Crippen LogP contribution in [0.1, 0.15) is 18.1 Å². The number of ether oxygens (including phenoxy) is 1. The summed E-state index contributed by atoms with van der Waals surface area (Å²) in [5.41, 5.74) is 5.97. The quantitative estimate of drug-likeness (QED) is 0.384. The number of nitrogens with one attached hydrogen (secondary N) is 2. The number of non-ortho nitro benzene ring substituents is 1. The van der Waals surface area contributed by atoms with Crippen molar-refractivity contribution in [3.63, 3.8) is 0 Å². The maximum Gasteiger partial charge on any atom is 0.276 e. The van der Waals surface area contributed by atoms with Gasteiger partial charge < -0.3 is 4.74 Å². The fourth-order valence-corrected chi connectivity index (χ4v) is 2.69. The number of nitrogens with zero attached hydrogens (tertiary/aromatic N) is 1. The molecule has 9 heteroatoms. The highest BCUT2D eigenvalue weighted by Gasteiger charge is 2.07. The van der Waals surface area contributed by atoms with Crippen molar-refractivity contribution < 1.29 is 19.2 Å². The lowest BCUT2D eigenvalue weighted by Crippen LogP contribution is -2.43. The summed E-state index contributed by atoms with van der Waals surface area (Å²) < 4.78 is 6.14. The number of rotatable bonds is 7. The van der Waals surface area contributed by atoms with Crippen LogP contribution in [0.25, 0.3) is 6.08 Å². The first-order chi connectivity index (χ1) is 13.4. The minimum absolute atomic E-state index is 0.0776. The average molecular weight is 448 g/mol. The minimum Gasteiger partial charge on any atom is -0.483 e. The molecule has 0 radical (unpaired) electrons. The molecule has 0 aromatic heterocycles. The molecule has 0 unspecified atom stereocenters. The summed E-state index contributed by atoms with van der Waals surface area (Å²) in [7, 11) is 0. The second kappa shape index (κ2) is 10.2. The van der Waals surface area contributed by atoms with Crippen LogP contribution in [-0.2, 0) is 16.0 Å². The van der Waals surface area contributed by atoms with Gasteiger partial charge >= 0.3 is 0 Å². The molecule has 2 amide bonds. The largest absolute Gasteiger partial charge is 0.483 e. The molecule has 0 fully saturated rings. The monoisotopic (exact) mass is 447 g/mol. The van der Waals surface area contributed by atoms with E-state index in [-0.39, 0.29) is 12.3 Å². The Morgan fingerprint density at radius 3 is 2.68 bits per heavy atom. The Kier molecular flexibility index (Phi) is 7.70. The van der Waals surface area contributed by atoms with Crippen LogP contribution in [0.3, 0.4) is 0 Å². The first kappa shape index (κ1) is 21.1. The lowest BCUT2D eigenvalue weighted by molar-refractivity contribution is -0.384. The third-order valence-corrected chi connectivity index (χ3v) is 4.22. The number of hydrogen-bond donors (Lipinski definition) is 2. The Labute approximate surface area is 169 Å². The highest BCUT2D eigenvalue weighted by Crippen LogP contribution is 2.26. The fraction of sp³-hybridized carbons (Fsp3) is 0.158. The summed E-state index contributed by atoms with van der Waals surface area (Å²) >= 11 is 3.38.